The number of aryl methyl sites for hydroxylation is 2. The number of amides is 1. The van der Waals surface area contributed by atoms with E-state index in [9.17, 15) is 4.79 Å². The molecular weight excluding hydrogens is 228 g/mol. The lowest BCUT2D eigenvalue weighted by Crippen LogP contribution is -2.21. The molecular formula is C14H16N2O2. The normalized spacial score (nSPS) is 13.7. The van der Waals surface area contributed by atoms with Crippen molar-refractivity contribution in [2.45, 2.75) is 19.3 Å². The molecule has 1 aromatic carbocycles. The van der Waals surface area contributed by atoms with Crippen LogP contribution >= 0.6 is 0 Å². The number of hydrogen-bond acceptors (Lipinski definition) is 2. The number of nitrogens with zero attached hydrogens (tertiary/aromatic N) is 1. The highest BCUT2D eigenvalue weighted by molar-refractivity contribution is 5.88. The summed E-state index contributed by atoms with van der Waals surface area (Å²) < 4.78 is 7.43. The zero-order chi connectivity index (χ0) is 12.7. The first-order valence-electron chi connectivity index (χ1n) is 6.20. The molecule has 0 saturated carbocycles. The third-order valence-electron chi connectivity index (χ3n) is 3.66. The second-order valence-corrected chi connectivity index (χ2v) is 4.66. The van der Waals surface area contributed by atoms with Crippen LogP contribution in [0.25, 0.3) is 10.9 Å². The summed E-state index contributed by atoms with van der Waals surface area (Å²) in [5.74, 6) is 0.599. The van der Waals surface area contributed by atoms with Gasteiger partial charge in [0.15, 0.2) is 0 Å². The molecule has 18 heavy (non-hydrogen) atoms. The SMILES string of the molecule is CNC(=O)Oc1ccc2c(c1)c1c(n2C)CCC1. The molecule has 0 saturated heterocycles. The first-order valence-corrected chi connectivity index (χ1v) is 6.20. The second kappa shape index (κ2) is 4.05. The number of nitrogens with one attached hydrogen (secondary N) is 1. The van der Waals surface area contributed by atoms with Crippen molar-refractivity contribution in [2.24, 2.45) is 7.05 Å². The number of fused-ring (bicyclic) bond motifs is 3. The average Bonchev–Trinajstić information content (AvgIpc) is 2.94. The van der Waals surface area contributed by atoms with Gasteiger partial charge < -0.3 is 14.6 Å². The molecule has 0 radical (unpaired) electrons. The maximum absolute atomic E-state index is 11.2. The number of rotatable bonds is 1. The number of benzene rings is 1. The van der Waals surface area contributed by atoms with Gasteiger partial charge >= 0.3 is 6.09 Å². The smallest absolute Gasteiger partial charge is 0.410 e. The van der Waals surface area contributed by atoms with Crippen molar-refractivity contribution in [3.05, 3.63) is 29.5 Å². The molecule has 94 valence electrons. The van der Waals surface area contributed by atoms with Gasteiger partial charge in [0, 0.05) is 30.7 Å². The summed E-state index contributed by atoms with van der Waals surface area (Å²) in [5, 5.41) is 3.67. The van der Waals surface area contributed by atoms with Crippen molar-refractivity contribution in [1.29, 1.82) is 0 Å². The molecule has 0 atom stereocenters. The molecule has 1 aliphatic rings. The van der Waals surface area contributed by atoms with Gasteiger partial charge in [-0.3, -0.25) is 0 Å². The van der Waals surface area contributed by atoms with Crippen LogP contribution in [0.15, 0.2) is 18.2 Å². The van der Waals surface area contributed by atoms with E-state index >= 15 is 0 Å². The first kappa shape index (κ1) is 11.1. The lowest BCUT2D eigenvalue weighted by molar-refractivity contribution is 0.203. The Bertz CT molecular complexity index is 628. The molecule has 0 unspecified atom stereocenters. The maximum Gasteiger partial charge on any atom is 0.412 e. The van der Waals surface area contributed by atoms with Crippen molar-refractivity contribution in [3.63, 3.8) is 0 Å². The lowest BCUT2D eigenvalue weighted by Gasteiger charge is -2.05. The molecule has 1 amide bonds. The molecule has 2 aromatic rings. The van der Waals surface area contributed by atoms with E-state index in [1.165, 1.54) is 28.6 Å². The molecule has 4 nitrogen and oxygen atoms in total. The van der Waals surface area contributed by atoms with Crippen LogP contribution in [0.4, 0.5) is 4.79 Å². The second-order valence-electron chi connectivity index (χ2n) is 4.66. The Labute approximate surface area is 106 Å². The van der Waals surface area contributed by atoms with Crippen LogP contribution in [-0.4, -0.2) is 17.7 Å². The Morgan fingerprint density at radius 2 is 2.22 bits per heavy atom. The Morgan fingerprint density at radius 1 is 1.39 bits per heavy atom. The van der Waals surface area contributed by atoms with Gasteiger partial charge in [-0.05, 0) is 43.0 Å². The summed E-state index contributed by atoms with van der Waals surface area (Å²) in [6.45, 7) is 0. The summed E-state index contributed by atoms with van der Waals surface area (Å²) in [5.41, 5.74) is 4.04. The van der Waals surface area contributed by atoms with Crippen LogP contribution in [0, 0.1) is 0 Å². The van der Waals surface area contributed by atoms with Gasteiger partial charge in [0.25, 0.3) is 0 Å². The highest BCUT2D eigenvalue weighted by atomic mass is 16.5. The number of hydrogen-bond donors (Lipinski definition) is 1. The third kappa shape index (κ3) is 1.56. The van der Waals surface area contributed by atoms with E-state index < -0.39 is 6.09 Å². The molecule has 1 heterocycles. The standard InChI is InChI=1S/C14H16N2O2/c1-15-14(17)18-9-6-7-13-11(8-9)10-4-3-5-12(10)16(13)2/h6-8H,3-5H2,1-2H3,(H,15,17). The lowest BCUT2D eigenvalue weighted by atomic mass is 10.1. The topological polar surface area (TPSA) is 43.3 Å². The van der Waals surface area contributed by atoms with Crippen molar-refractivity contribution >= 4 is 17.0 Å². The van der Waals surface area contributed by atoms with Gasteiger partial charge in [-0.25, -0.2) is 4.79 Å². The average molecular weight is 244 g/mol. The molecule has 4 heteroatoms. The quantitative estimate of drug-likeness (QED) is 0.837. The number of carbonyl (C=O) groups excluding carboxylic acids is 1. The predicted octanol–water partition coefficient (Wildman–Crippen LogP) is 2.39. The third-order valence-corrected chi connectivity index (χ3v) is 3.66. The van der Waals surface area contributed by atoms with E-state index in [4.69, 9.17) is 4.74 Å². The van der Waals surface area contributed by atoms with Crippen LogP contribution in [-0.2, 0) is 19.9 Å². The molecule has 0 spiro atoms. The highest BCUT2D eigenvalue weighted by Crippen LogP contribution is 2.34. The molecule has 3 rings (SSSR count). The minimum absolute atomic E-state index is 0.429. The van der Waals surface area contributed by atoms with E-state index in [1.807, 2.05) is 18.2 Å². The summed E-state index contributed by atoms with van der Waals surface area (Å²) >= 11 is 0. The van der Waals surface area contributed by atoms with E-state index in [2.05, 4.69) is 16.9 Å². The van der Waals surface area contributed by atoms with Gasteiger partial charge in [0.2, 0.25) is 0 Å². The van der Waals surface area contributed by atoms with Crippen LogP contribution in [0.3, 0.4) is 0 Å². The fourth-order valence-electron chi connectivity index (χ4n) is 2.80. The molecule has 1 aliphatic carbocycles. The van der Waals surface area contributed by atoms with Crippen LogP contribution < -0.4 is 10.1 Å². The molecule has 0 bridgehead atoms. The number of aromatic nitrogens is 1. The van der Waals surface area contributed by atoms with Gasteiger partial charge in [0.1, 0.15) is 5.75 Å². The summed E-state index contributed by atoms with van der Waals surface area (Å²) in [4.78, 5) is 11.2. The zero-order valence-corrected chi connectivity index (χ0v) is 10.6. The Kier molecular flexibility index (Phi) is 2.51. The fourth-order valence-corrected chi connectivity index (χ4v) is 2.80. The van der Waals surface area contributed by atoms with Crippen molar-refractivity contribution in [3.8, 4) is 5.75 Å². The monoisotopic (exact) mass is 244 g/mol. The summed E-state index contributed by atoms with van der Waals surface area (Å²) in [6.07, 6.45) is 3.05. The van der Waals surface area contributed by atoms with Gasteiger partial charge in [-0.1, -0.05) is 0 Å². The largest absolute Gasteiger partial charge is 0.412 e. The van der Waals surface area contributed by atoms with Crippen LogP contribution in [0.2, 0.25) is 0 Å². The zero-order valence-electron chi connectivity index (χ0n) is 10.6. The Balaban J connectivity index is 2.09. The number of carbonyl (C=O) groups is 1. The van der Waals surface area contributed by atoms with Crippen molar-refractivity contribution < 1.29 is 9.53 Å². The molecule has 1 N–H and O–H groups in total. The predicted molar refractivity (Wildman–Crippen MR) is 70.0 cm³/mol. The van der Waals surface area contributed by atoms with E-state index in [0.29, 0.717) is 5.75 Å². The van der Waals surface area contributed by atoms with E-state index in [1.54, 1.807) is 7.05 Å². The maximum atomic E-state index is 11.2. The molecule has 0 aliphatic heterocycles. The molecule has 1 aromatic heterocycles. The van der Waals surface area contributed by atoms with Gasteiger partial charge in [0.05, 0.1) is 0 Å². The van der Waals surface area contributed by atoms with Crippen molar-refractivity contribution in [1.82, 2.24) is 9.88 Å². The summed E-state index contributed by atoms with van der Waals surface area (Å²) in [7, 11) is 3.66. The van der Waals surface area contributed by atoms with Gasteiger partial charge in [-0.15, -0.1) is 0 Å². The van der Waals surface area contributed by atoms with Crippen molar-refractivity contribution in [2.75, 3.05) is 7.05 Å². The highest BCUT2D eigenvalue weighted by Gasteiger charge is 2.20. The van der Waals surface area contributed by atoms with Crippen LogP contribution in [0.1, 0.15) is 17.7 Å². The Morgan fingerprint density at radius 3 is 3.00 bits per heavy atom. The number of ether oxygens (including phenoxy) is 1. The van der Waals surface area contributed by atoms with Gasteiger partial charge in [-0.2, -0.15) is 0 Å². The van der Waals surface area contributed by atoms with E-state index in [0.717, 1.165) is 12.8 Å². The fraction of sp³-hybridized carbons (Fsp3) is 0.357. The minimum atomic E-state index is -0.429. The molecule has 0 fully saturated rings. The van der Waals surface area contributed by atoms with Crippen LogP contribution in [0.5, 0.6) is 5.75 Å². The first-order chi connectivity index (χ1) is 8.70. The minimum Gasteiger partial charge on any atom is -0.410 e. The Hall–Kier alpha value is -1.97. The van der Waals surface area contributed by atoms with E-state index in [-0.39, 0.29) is 0 Å². The summed E-state index contributed by atoms with van der Waals surface area (Å²) in [6, 6.07) is 5.83.